The van der Waals surface area contributed by atoms with E-state index in [2.05, 4.69) is 31.3 Å². The average Bonchev–Trinajstić information content (AvgIpc) is 2.44. The van der Waals surface area contributed by atoms with Crippen LogP contribution < -0.4 is 15.4 Å². The van der Waals surface area contributed by atoms with Crippen LogP contribution in [0.15, 0.2) is 40.9 Å². The number of urea groups is 1. The normalized spacial score (nSPS) is 11.1. The lowest BCUT2D eigenvalue weighted by Crippen LogP contribution is -2.21. The van der Waals surface area contributed by atoms with Gasteiger partial charge in [-0.1, -0.05) is 33.6 Å². The number of ether oxygens (including phenoxy) is 1. The number of alkyl halides is 3. The van der Waals surface area contributed by atoms with Crippen molar-refractivity contribution in [3.8, 4) is 5.75 Å². The van der Waals surface area contributed by atoms with Crippen molar-refractivity contribution in [3.63, 3.8) is 0 Å². The minimum Gasteiger partial charge on any atom is -0.406 e. The SMILES string of the molecule is O=C(Nc1cc(Br)cc(OC(F)(F)F)c1)Nc1cccc(Cl)c1CO. The first-order valence-electron chi connectivity index (χ1n) is 6.70. The van der Waals surface area contributed by atoms with E-state index >= 15 is 0 Å². The molecule has 0 bridgehead atoms. The number of aliphatic hydroxyl groups is 1. The highest BCUT2D eigenvalue weighted by Gasteiger charge is 2.31. The third-order valence-electron chi connectivity index (χ3n) is 2.89. The van der Waals surface area contributed by atoms with Crippen LogP contribution in [0.3, 0.4) is 0 Å². The summed E-state index contributed by atoms with van der Waals surface area (Å²) in [6.07, 6.45) is -4.85. The molecule has 0 atom stereocenters. The van der Waals surface area contributed by atoms with Gasteiger partial charge in [0.25, 0.3) is 0 Å². The summed E-state index contributed by atoms with van der Waals surface area (Å²) in [6.45, 7) is -0.393. The smallest absolute Gasteiger partial charge is 0.406 e. The lowest BCUT2D eigenvalue weighted by molar-refractivity contribution is -0.274. The topological polar surface area (TPSA) is 70.6 Å². The van der Waals surface area contributed by atoms with Crippen molar-refractivity contribution in [2.75, 3.05) is 10.6 Å². The van der Waals surface area contributed by atoms with Gasteiger partial charge in [-0.05, 0) is 24.3 Å². The van der Waals surface area contributed by atoms with Gasteiger partial charge < -0.3 is 20.5 Å². The molecule has 0 saturated carbocycles. The summed E-state index contributed by atoms with van der Waals surface area (Å²) >= 11 is 8.96. The molecule has 2 amide bonds. The first-order valence-corrected chi connectivity index (χ1v) is 7.87. The number of benzene rings is 2. The Hall–Kier alpha value is -1.97. The largest absolute Gasteiger partial charge is 0.573 e. The van der Waals surface area contributed by atoms with Gasteiger partial charge in [0.15, 0.2) is 0 Å². The summed E-state index contributed by atoms with van der Waals surface area (Å²) in [7, 11) is 0. The van der Waals surface area contributed by atoms with Crippen LogP contribution in [0.5, 0.6) is 5.75 Å². The Balaban J connectivity index is 2.14. The molecule has 2 aromatic carbocycles. The van der Waals surface area contributed by atoms with Crippen LogP contribution in [-0.4, -0.2) is 17.5 Å². The lowest BCUT2D eigenvalue weighted by atomic mass is 10.2. The van der Waals surface area contributed by atoms with Gasteiger partial charge in [0.2, 0.25) is 0 Å². The lowest BCUT2D eigenvalue weighted by Gasteiger charge is -2.14. The van der Waals surface area contributed by atoms with Gasteiger partial charge in [0.05, 0.1) is 6.61 Å². The maximum atomic E-state index is 12.3. The molecule has 0 aromatic heterocycles. The predicted octanol–water partition coefficient (Wildman–Crippen LogP) is 5.14. The number of hydrogen-bond donors (Lipinski definition) is 3. The minimum atomic E-state index is -4.85. The van der Waals surface area contributed by atoms with E-state index in [4.69, 9.17) is 11.6 Å². The molecular formula is C15H11BrClF3N2O3. The molecule has 0 aliphatic rings. The van der Waals surface area contributed by atoms with E-state index in [0.717, 1.165) is 12.1 Å². The molecule has 5 nitrogen and oxygen atoms in total. The fourth-order valence-electron chi connectivity index (χ4n) is 1.95. The minimum absolute atomic E-state index is 0.0682. The quantitative estimate of drug-likeness (QED) is 0.618. The van der Waals surface area contributed by atoms with Crippen molar-refractivity contribution >= 4 is 44.9 Å². The molecule has 0 aliphatic heterocycles. The Morgan fingerprint density at radius 3 is 2.60 bits per heavy atom. The van der Waals surface area contributed by atoms with Crippen molar-refractivity contribution in [1.82, 2.24) is 0 Å². The molecular weight excluding hydrogens is 429 g/mol. The molecule has 0 fully saturated rings. The molecule has 134 valence electrons. The Kier molecular flexibility index (Phi) is 6.15. The van der Waals surface area contributed by atoms with Gasteiger partial charge in [-0.15, -0.1) is 13.2 Å². The molecule has 0 aliphatic carbocycles. The van der Waals surface area contributed by atoms with E-state index in [1.807, 2.05) is 0 Å². The number of nitrogens with one attached hydrogen (secondary N) is 2. The number of amides is 2. The second-order valence-corrected chi connectivity index (χ2v) is 6.05. The maximum Gasteiger partial charge on any atom is 0.573 e. The summed E-state index contributed by atoms with van der Waals surface area (Å²) in [5, 5.41) is 14.4. The van der Waals surface area contributed by atoms with Crippen LogP contribution in [0.2, 0.25) is 5.02 Å². The van der Waals surface area contributed by atoms with Crippen molar-refractivity contribution in [2.24, 2.45) is 0 Å². The number of anilines is 2. The highest BCUT2D eigenvalue weighted by molar-refractivity contribution is 9.10. The number of rotatable bonds is 4. The second-order valence-electron chi connectivity index (χ2n) is 4.73. The summed E-state index contributed by atoms with van der Waals surface area (Å²) in [5.41, 5.74) is 0.655. The number of halogens is 5. The molecule has 10 heteroatoms. The summed E-state index contributed by atoms with van der Waals surface area (Å²) in [5.74, 6) is -0.490. The first kappa shape index (κ1) is 19.4. The Bertz CT molecular complexity index is 787. The van der Waals surface area contributed by atoms with Crippen LogP contribution in [0.1, 0.15) is 5.56 Å². The van der Waals surface area contributed by atoms with E-state index in [0.29, 0.717) is 5.56 Å². The van der Waals surface area contributed by atoms with Crippen LogP contribution in [-0.2, 0) is 6.61 Å². The number of carbonyl (C=O) groups is 1. The van der Waals surface area contributed by atoms with Gasteiger partial charge in [-0.2, -0.15) is 0 Å². The van der Waals surface area contributed by atoms with Gasteiger partial charge in [-0.25, -0.2) is 4.79 Å². The second kappa shape index (κ2) is 7.94. The van der Waals surface area contributed by atoms with Crippen LogP contribution in [0.4, 0.5) is 29.3 Å². The molecule has 0 radical (unpaired) electrons. The van der Waals surface area contributed by atoms with Gasteiger partial charge in [0.1, 0.15) is 5.75 Å². The van der Waals surface area contributed by atoms with E-state index in [1.165, 1.54) is 12.1 Å². The Labute approximate surface area is 153 Å². The summed E-state index contributed by atoms with van der Waals surface area (Å²) in [4.78, 5) is 12.0. The van der Waals surface area contributed by atoms with E-state index in [9.17, 15) is 23.1 Å². The highest BCUT2D eigenvalue weighted by atomic mass is 79.9. The standard InChI is InChI=1S/C15H11BrClF3N2O3/c16-8-4-9(6-10(5-8)25-15(18,19)20)21-14(24)22-13-3-1-2-12(17)11(13)7-23/h1-6,23H,7H2,(H2,21,22,24). The highest BCUT2D eigenvalue weighted by Crippen LogP contribution is 2.30. The molecule has 0 saturated heterocycles. The van der Waals surface area contributed by atoms with E-state index < -0.39 is 24.7 Å². The number of aliphatic hydroxyl groups excluding tert-OH is 1. The average molecular weight is 440 g/mol. The zero-order chi connectivity index (χ0) is 18.6. The molecule has 2 rings (SSSR count). The fraction of sp³-hybridized carbons (Fsp3) is 0.133. The zero-order valence-corrected chi connectivity index (χ0v) is 14.7. The van der Waals surface area contributed by atoms with E-state index in [-0.39, 0.29) is 20.9 Å². The third kappa shape index (κ3) is 5.80. The Morgan fingerprint density at radius 1 is 1.24 bits per heavy atom. The number of hydrogen-bond acceptors (Lipinski definition) is 3. The molecule has 0 unspecified atom stereocenters. The van der Waals surface area contributed by atoms with Crippen LogP contribution in [0, 0.1) is 0 Å². The first-order chi connectivity index (χ1) is 11.7. The summed E-state index contributed by atoms with van der Waals surface area (Å²) < 4.78 is 41.0. The molecule has 0 heterocycles. The fourth-order valence-corrected chi connectivity index (χ4v) is 2.66. The van der Waals surface area contributed by atoms with Crippen molar-refractivity contribution in [2.45, 2.75) is 13.0 Å². The molecule has 2 aromatic rings. The maximum absolute atomic E-state index is 12.3. The third-order valence-corrected chi connectivity index (χ3v) is 3.70. The van der Waals surface area contributed by atoms with Gasteiger partial charge in [0, 0.05) is 32.5 Å². The van der Waals surface area contributed by atoms with Crippen molar-refractivity contribution in [1.29, 1.82) is 0 Å². The van der Waals surface area contributed by atoms with E-state index in [1.54, 1.807) is 12.1 Å². The van der Waals surface area contributed by atoms with Gasteiger partial charge in [-0.3, -0.25) is 0 Å². The molecule has 25 heavy (non-hydrogen) atoms. The predicted molar refractivity (Wildman–Crippen MR) is 90.8 cm³/mol. The molecule has 3 N–H and O–H groups in total. The van der Waals surface area contributed by atoms with Crippen molar-refractivity contribution < 1.29 is 27.8 Å². The zero-order valence-electron chi connectivity index (χ0n) is 12.3. The number of carbonyl (C=O) groups excluding carboxylic acids is 1. The molecule has 0 spiro atoms. The monoisotopic (exact) mass is 438 g/mol. The van der Waals surface area contributed by atoms with Gasteiger partial charge >= 0.3 is 12.4 Å². The van der Waals surface area contributed by atoms with Crippen LogP contribution >= 0.6 is 27.5 Å². The van der Waals surface area contributed by atoms with Crippen LogP contribution in [0.25, 0.3) is 0 Å². The summed E-state index contributed by atoms with van der Waals surface area (Å²) in [6, 6.07) is 7.44. The Morgan fingerprint density at radius 2 is 1.96 bits per heavy atom. The van der Waals surface area contributed by atoms with Crippen molar-refractivity contribution in [3.05, 3.63) is 51.5 Å².